The topological polar surface area (TPSA) is 71.5 Å². The lowest BCUT2D eigenvalue weighted by atomic mass is 10.1. The van der Waals surface area contributed by atoms with Crippen LogP contribution in [0.25, 0.3) is 0 Å². The summed E-state index contributed by atoms with van der Waals surface area (Å²) in [7, 11) is 0. The number of aromatic nitrogens is 1. The molecule has 1 amide bonds. The fourth-order valence-electron chi connectivity index (χ4n) is 2.02. The summed E-state index contributed by atoms with van der Waals surface area (Å²) in [4.78, 5) is 16.0. The maximum absolute atomic E-state index is 12.0. The van der Waals surface area contributed by atoms with E-state index in [1.54, 1.807) is 24.4 Å². The van der Waals surface area contributed by atoms with Gasteiger partial charge in [-0.1, -0.05) is 35.9 Å². The van der Waals surface area contributed by atoms with Crippen LogP contribution in [0.2, 0.25) is 0 Å². The Morgan fingerprint density at radius 2 is 2.05 bits per heavy atom. The highest BCUT2D eigenvalue weighted by atomic mass is 16.5. The third-order valence-corrected chi connectivity index (χ3v) is 3.21. The van der Waals surface area contributed by atoms with Crippen LogP contribution in [-0.2, 0) is 4.74 Å². The van der Waals surface area contributed by atoms with Crippen LogP contribution in [0.15, 0.2) is 48.7 Å². The first-order valence-corrected chi connectivity index (χ1v) is 7.19. The van der Waals surface area contributed by atoms with Crippen molar-refractivity contribution < 1.29 is 14.6 Å². The smallest absolute Gasteiger partial charge is 0.269 e. The number of aliphatic hydroxyl groups excluding tert-OH is 1. The van der Waals surface area contributed by atoms with E-state index in [4.69, 9.17) is 9.84 Å². The van der Waals surface area contributed by atoms with Crippen molar-refractivity contribution in [2.24, 2.45) is 0 Å². The van der Waals surface area contributed by atoms with Gasteiger partial charge in [0.05, 0.1) is 19.3 Å². The molecule has 0 radical (unpaired) electrons. The van der Waals surface area contributed by atoms with Crippen LogP contribution >= 0.6 is 0 Å². The van der Waals surface area contributed by atoms with E-state index in [-0.39, 0.29) is 25.2 Å². The molecule has 5 nitrogen and oxygen atoms in total. The molecule has 0 spiro atoms. The lowest BCUT2D eigenvalue weighted by molar-refractivity contribution is 0.0277. The maximum Gasteiger partial charge on any atom is 0.269 e. The van der Waals surface area contributed by atoms with E-state index in [9.17, 15) is 4.79 Å². The third kappa shape index (κ3) is 4.65. The van der Waals surface area contributed by atoms with Crippen molar-refractivity contribution in [2.45, 2.75) is 13.0 Å². The molecule has 2 N–H and O–H groups in total. The van der Waals surface area contributed by atoms with Crippen LogP contribution in [0.5, 0.6) is 0 Å². The predicted molar refractivity (Wildman–Crippen MR) is 83.5 cm³/mol. The van der Waals surface area contributed by atoms with Crippen molar-refractivity contribution >= 4 is 5.91 Å². The number of ether oxygens (including phenoxy) is 1. The Hall–Kier alpha value is -2.24. The number of nitrogens with one attached hydrogen (secondary N) is 1. The largest absolute Gasteiger partial charge is 0.394 e. The molecule has 1 aromatic heterocycles. The fraction of sp³-hybridized carbons (Fsp3) is 0.294. The van der Waals surface area contributed by atoms with E-state index in [0.717, 1.165) is 11.1 Å². The lowest BCUT2D eigenvalue weighted by Gasteiger charge is -2.18. The van der Waals surface area contributed by atoms with Gasteiger partial charge in [-0.3, -0.25) is 9.78 Å². The summed E-state index contributed by atoms with van der Waals surface area (Å²) < 4.78 is 5.62. The minimum Gasteiger partial charge on any atom is -0.394 e. The average Bonchev–Trinajstić information content (AvgIpc) is 2.56. The van der Waals surface area contributed by atoms with Gasteiger partial charge in [0.15, 0.2) is 0 Å². The highest BCUT2D eigenvalue weighted by Crippen LogP contribution is 2.17. The number of benzene rings is 1. The van der Waals surface area contributed by atoms with Gasteiger partial charge < -0.3 is 15.2 Å². The zero-order chi connectivity index (χ0) is 15.8. The molecule has 0 fully saturated rings. The fourth-order valence-corrected chi connectivity index (χ4v) is 2.02. The quantitative estimate of drug-likeness (QED) is 0.819. The summed E-state index contributed by atoms with van der Waals surface area (Å²) in [5.74, 6) is -0.245. The van der Waals surface area contributed by atoms with Crippen molar-refractivity contribution in [1.82, 2.24) is 10.3 Å². The van der Waals surface area contributed by atoms with Gasteiger partial charge in [0.25, 0.3) is 5.91 Å². The number of nitrogens with zero attached hydrogens (tertiary/aromatic N) is 1. The Bertz CT molecular complexity index is 585. The summed E-state index contributed by atoms with van der Waals surface area (Å²) >= 11 is 0. The van der Waals surface area contributed by atoms with Crippen LogP contribution in [0.1, 0.15) is 27.7 Å². The number of carbonyl (C=O) groups excluding carboxylic acids is 1. The van der Waals surface area contributed by atoms with Crippen molar-refractivity contribution in [1.29, 1.82) is 0 Å². The Kier molecular flexibility index (Phi) is 6.06. The first-order chi connectivity index (χ1) is 10.7. The van der Waals surface area contributed by atoms with Crippen LogP contribution in [0.4, 0.5) is 0 Å². The molecular formula is C17H20N2O3. The van der Waals surface area contributed by atoms with Crippen LogP contribution in [0.3, 0.4) is 0 Å². The molecule has 5 heteroatoms. The standard InChI is InChI=1S/C17H20N2O3/c1-13-5-7-14(8-6-13)16(22-11-10-20)12-19-17(21)15-4-2-3-9-18-15/h2-9,16,20H,10-12H2,1H3,(H,19,21). The maximum atomic E-state index is 12.0. The molecule has 2 rings (SSSR count). The number of hydrogen-bond donors (Lipinski definition) is 2. The minimum atomic E-state index is -0.305. The number of rotatable bonds is 7. The molecule has 0 saturated carbocycles. The highest BCUT2D eigenvalue weighted by Gasteiger charge is 2.14. The van der Waals surface area contributed by atoms with Crippen LogP contribution in [0, 0.1) is 6.92 Å². The first kappa shape index (κ1) is 16.1. The number of amides is 1. The molecule has 2 aromatic rings. The number of hydrogen-bond acceptors (Lipinski definition) is 4. The van der Waals surface area contributed by atoms with E-state index in [1.165, 1.54) is 0 Å². The third-order valence-electron chi connectivity index (χ3n) is 3.21. The molecule has 0 bridgehead atoms. The van der Waals surface area contributed by atoms with Gasteiger partial charge in [0, 0.05) is 12.7 Å². The zero-order valence-electron chi connectivity index (χ0n) is 12.5. The van der Waals surface area contributed by atoms with E-state index in [2.05, 4.69) is 10.3 Å². The summed E-state index contributed by atoms with van der Waals surface area (Å²) in [6.07, 6.45) is 1.27. The SMILES string of the molecule is Cc1ccc(C(CNC(=O)c2ccccn2)OCCO)cc1. The summed E-state index contributed by atoms with van der Waals surface area (Å²) in [6, 6.07) is 13.1. The highest BCUT2D eigenvalue weighted by molar-refractivity contribution is 5.92. The van der Waals surface area contributed by atoms with Gasteiger partial charge in [-0.05, 0) is 24.6 Å². The van der Waals surface area contributed by atoms with Gasteiger partial charge in [-0.2, -0.15) is 0 Å². The molecule has 1 atom stereocenters. The monoisotopic (exact) mass is 300 g/mol. The normalized spacial score (nSPS) is 11.9. The molecule has 0 aliphatic heterocycles. The summed E-state index contributed by atoms with van der Waals surface area (Å²) in [5, 5.41) is 11.8. The molecule has 1 heterocycles. The van der Waals surface area contributed by atoms with E-state index >= 15 is 0 Å². The van der Waals surface area contributed by atoms with Crippen molar-refractivity contribution in [3.8, 4) is 0 Å². The van der Waals surface area contributed by atoms with Crippen molar-refractivity contribution in [3.05, 3.63) is 65.5 Å². The molecule has 0 aliphatic rings. The Morgan fingerprint density at radius 1 is 1.27 bits per heavy atom. The Labute approximate surface area is 130 Å². The Morgan fingerprint density at radius 3 is 2.68 bits per heavy atom. The van der Waals surface area contributed by atoms with Crippen molar-refractivity contribution in [2.75, 3.05) is 19.8 Å². The van der Waals surface area contributed by atoms with Crippen LogP contribution in [-0.4, -0.2) is 35.8 Å². The lowest BCUT2D eigenvalue weighted by Crippen LogP contribution is -2.30. The predicted octanol–water partition coefficient (Wildman–Crippen LogP) is 1.87. The second kappa shape index (κ2) is 8.26. The van der Waals surface area contributed by atoms with Crippen molar-refractivity contribution in [3.63, 3.8) is 0 Å². The summed E-state index contributed by atoms with van der Waals surface area (Å²) in [6.45, 7) is 2.49. The second-order valence-corrected chi connectivity index (χ2v) is 4.92. The molecule has 1 unspecified atom stereocenters. The van der Waals surface area contributed by atoms with Gasteiger partial charge in [0.1, 0.15) is 5.69 Å². The van der Waals surface area contributed by atoms with E-state index < -0.39 is 0 Å². The number of carbonyl (C=O) groups is 1. The van der Waals surface area contributed by atoms with Crippen LogP contribution < -0.4 is 5.32 Å². The first-order valence-electron chi connectivity index (χ1n) is 7.19. The molecule has 1 aromatic carbocycles. The number of aryl methyl sites for hydroxylation is 1. The molecule has 0 aliphatic carbocycles. The second-order valence-electron chi connectivity index (χ2n) is 4.92. The molecule has 22 heavy (non-hydrogen) atoms. The Balaban J connectivity index is 2.00. The van der Waals surface area contributed by atoms with Gasteiger partial charge in [-0.15, -0.1) is 0 Å². The number of pyridine rings is 1. The minimum absolute atomic E-state index is 0.0590. The zero-order valence-corrected chi connectivity index (χ0v) is 12.5. The van der Waals surface area contributed by atoms with Gasteiger partial charge in [0.2, 0.25) is 0 Å². The average molecular weight is 300 g/mol. The summed E-state index contributed by atoms with van der Waals surface area (Å²) in [5.41, 5.74) is 2.48. The van der Waals surface area contributed by atoms with E-state index in [1.807, 2.05) is 31.2 Å². The van der Waals surface area contributed by atoms with Gasteiger partial charge >= 0.3 is 0 Å². The molecule has 116 valence electrons. The van der Waals surface area contributed by atoms with E-state index in [0.29, 0.717) is 12.2 Å². The van der Waals surface area contributed by atoms with Gasteiger partial charge in [-0.25, -0.2) is 0 Å². The molecule has 0 saturated heterocycles. The molecular weight excluding hydrogens is 280 g/mol. The number of aliphatic hydroxyl groups is 1.